The van der Waals surface area contributed by atoms with E-state index in [0.717, 1.165) is 38.4 Å². The fraction of sp³-hybridized carbons (Fsp3) is 0.409. The van der Waals surface area contributed by atoms with Gasteiger partial charge in [0.1, 0.15) is 0 Å². The average Bonchev–Trinajstić information content (AvgIpc) is 2.78. The number of aromatic nitrogens is 1. The minimum atomic E-state index is -0.117. The lowest BCUT2D eigenvalue weighted by atomic mass is 10.0. The highest BCUT2D eigenvalue weighted by molar-refractivity contribution is 5.93. The van der Waals surface area contributed by atoms with E-state index >= 15 is 0 Å². The SMILES string of the molecule is CN=C(NCCNC(=O)c1cccnc1)NC1CCN(Cc2ccccc2)CC1. The Morgan fingerprint density at radius 1 is 1.10 bits per heavy atom. The van der Waals surface area contributed by atoms with E-state index in [2.05, 4.69) is 61.2 Å². The molecular formula is C22H30N6O. The zero-order chi connectivity index (χ0) is 20.3. The number of pyridine rings is 1. The summed E-state index contributed by atoms with van der Waals surface area (Å²) in [5, 5.41) is 9.65. The molecule has 154 valence electrons. The summed E-state index contributed by atoms with van der Waals surface area (Å²) in [5.41, 5.74) is 1.93. The van der Waals surface area contributed by atoms with Gasteiger partial charge in [-0.05, 0) is 30.5 Å². The first-order valence-electron chi connectivity index (χ1n) is 10.2. The number of hydrogen-bond acceptors (Lipinski definition) is 4. The largest absolute Gasteiger partial charge is 0.355 e. The first-order chi connectivity index (χ1) is 14.2. The molecule has 0 saturated carbocycles. The minimum absolute atomic E-state index is 0.117. The standard InChI is InChI=1S/C22H30N6O/c1-23-22(26-13-12-25-21(29)19-8-5-11-24-16-19)27-20-9-14-28(15-10-20)17-18-6-3-2-4-7-18/h2-8,11,16,20H,9-10,12-15,17H2,1H3,(H,25,29)(H2,23,26,27). The Hall–Kier alpha value is -2.93. The molecule has 2 heterocycles. The Labute approximate surface area is 172 Å². The highest BCUT2D eigenvalue weighted by atomic mass is 16.1. The Morgan fingerprint density at radius 3 is 2.55 bits per heavy atom. The number of nitrogens with zero attached hydrogens (tertiary/aromatic N) is 3. The molecule has 7 heteroatoms. The van der Waals surface area contributed by atoms with Crippen LogP contribution in [-0.4, -0.2) is 61.0 Å². The van der Waals surface area contributed by atoms with Crippen LogP contribution in [0.3, 0.4) is 0 Å². The molecule has 1 aliphatic rings. The number of amides is 1. The lowest BCUT2D eigenvalue weighted by Crippen LogP contribution is -2.49. The monoisotopic (exact) mass is 394 g/mol. The van der Waals surface area contributed by atoms with Gasteiger partial charge in [0.05, 0.1) is 5.56 Å². The van der Waals surface area contributed by atoms with Crippen molar-refractivity contribution in [1.82, 2.24) is 25.8 Å². The summed E-state index contributed by atoms with van der Waals surface area (Å²) in [5.74, 6) is 0.663. The molecule has 1 fully saturated rings. The van der Waals surface area contributed by atoms with E-state index in [1.165, 1.54) is 5.56 Å². The zero-order valence-electron chi connectivity index (χ0n) is 17.0. The number of carbonyl (C=O) groups is 1. The van der Waals surface area contributed by atoms with Crippen molar-refractivity contribution in [3.8, 4) is 0 Å². The van der Waals surface area contributed by atoms with Gasteiger partial charge < -0.3 is 16.0 Å². The maximum atomic E-state index is 12.0. The summed E-state index contributed by atoms with van der Waals surface area (Å²) in [6, 6.07) is 14.5. The second-order valence-electron chi connectivity index (χ2n) is 7.18. The summed E-state index contributed by atoms with van der Waals surface area (Å²) in [7, 11) is 1.77. The first kappa shape index (κ1) is 20.8. The number of carbonyl (C=O) groups excluding carboxylic acids is 1. The third-order valence-electron chi connectivity index (χ3n) is 5.03. The number of hydrogen-bond donors (Lipinski definition) is 3. The Bertz CT molecular complexity index is 772. The van der Waals surface area contributed by atoms with E-state index in [0.29, 0.717) is 24.7 Å². The molecule has 0 spiro atoms. The molecule has 1 aromatic carbocycles. The van der Waals surface area contributed by atoms with Gasteiger partial charge in [-0.25, -0.2) is 0 Å². The van der Waals surface area contributed by atoms with Gasteiger partial charge >= 0.3 is 0 Å². The summed E-state index contributed by atoms with van der Waals surface area (Å²) in [6.07, 6.45) is 5.39. The quantitative estimate of drug-likeness (QED) is 0.378. The van der Waals surface area contributed by atoms with Gasteiger partial charge in [0.15, 0.2) is 5.96 Å². The number of rotatable bonds is 7. The molecule has 1 aromatic heterocycles. The second kappa shape index (κ2) is 11.2. The highest BCUT2D eigenvalue weighted by Gasteiger charge is 2.20. The Kier molecular flexibility index (Phi) is 8.01. The molecule has 0 bridgehead atoms. The number of guanidine groups is 1. The molecule has 0 radical (unpaired) electrons. The van der Waals surface area contributed by atoms with Gasteiger partial charge in [0.25, 0.3) is 5.91 Å². The van der Waals surface area contributed by atoms with Crippen molar-refractivity contribution < 1.29 is 4.79 Å². The fourth-order valence-corrected chi connectivity index (χ4v) is 3.42. The summed E-state index contributed by atoms with van der Waals surface area (Å²) < 4.78 is 0. The van der Waals surface area contributed by atoms with Gasteiger partial charge in [-0.3, -0.25) is 19.7 Å². The van der Waals surface area contributed by atoms with Crippen molar-refractivity contribution in [3.05, 3.63) is 66.0 Å². The fourth-order valence-electron chi connectivity index (χ4n) is 3.42. The van der Waals surface area contributed by atoms with Crippen molar-refractivity contribution in [2.75, 3.05) is 33.2 Å². The van der Waals surface area contributed by atoms with Gasteiger partial charge in [-0.1, -0.05) is 30.3 Å². The van der Waals surface area contributed by atoms with Crippen molar-refractivity contribution in [2.45, 2.75) is 25.4 Å². The van der Waals surface area contributed by atoms with E-state index < -0.39 is 0 Å². The molecule has 1 saturated heterocycles. The molecule has 7 nitrogen and oxygen atoms in total. The summed E-state index contributed by atoms with van der Waals surface area (Å²) in [6.45, 7) is 4.29. The van der Waals surface area contributed by atoms with Crippen LogP contribution in [-0.2, 0) is 6.54 Å². The van der Waals surface area contributed by atoms with Crippen molar-refractivity contribution in [2.24, 2.45) is 4.99 Å². The van der Waals surface area contributed by atoms with Crippen LogP contribution in [0.1, 0.15) is 28.8 Å². The summed E-state index contributed by atoms with van der Waals surface area (Å²) in [4.78, 5) is 22.8. The average molecular weight is 395 g/mol. The van der Waals surface area contributed by atoms with Gasteiger partial charge in [-0.15, -0.1) is 0 Å². The second-order valence-corrected chi connectivity index (χ2v) is 7.18. The smallest absolute Gasteiger partial charge is 0.252 e. The van der Waals surface area contributed by atoms with Crippen LogP contribution < -0.4 is 16.0 Å². The van der Waals surface area contributed by atoms with Gasteiger partial charge in [-0.2, -0.15) is 0 Å². The van der Waals surface area contributed by atoms with Gasteiger partial charge in [0.2, 0.25) is 0 Å². The van der Waals surface area contributed by atoms with Crippen LogP contribution in [0, 0.1) is 0 Å². The molecule has 1 amide bonds. The van der Waals surface area contributed by atoms with E-state index in [-0.39, 0.29) is 5.91 Å². The predicted octanol–water partition coefficient (Wildman–Crippen LogP) is 1.64. The predicted molar refractivity (Wildman–Crippen MR) is 116 cm³/mol. The number of nitrogens with one attached hydrogen (secondary N) is 3. The van der Waals surface area contributed by atoms with Gasteiger partial charge in [0, 0.05) is 58.2 Å². The van der Waals surface area contributed by atoms with Crippen LogP contribution >= 0.6 is 0 Å². The lowest BCUT2D eigenvalue weighted by molar-refractivity contribution is 0.0954. The molecule has 1 aliphatic heterocycles. The van der Waals surface area contributed by atoms with Crippen LogP contribution in [0.2, 0.25) is 0 Å². The number of piperidine rings is 1. The summed E-state index contributed by atoms with van der Waals surface area (Å²) >= 11 is 0. The third-order valence-corrected chi connectivity index (χ3v) is 5.03. The van der Waals surface area contributed by atoms with E-state index in [9.17, 15) is 4.79 Å². The van der Waals surface area contributed by atoms with Crippen molar-refractivity contribution in [1.29, 1.82) is 0 Å². The minimum Gasteiger partial charge on any atom is -0.355 e. The Balaban J connectivity index is 1.33. The van der Waals surface area contributed by atoms with Crippen LogP contribution in [0.25, 0.3) is 0 Å². The molecule has 0 aliphatic carbocycles. The topological polar surface area (TPSA) is 81.6 Å². The normalized spacial score (nSPS) is 15.7. The maximum absolute atomic E-state index is 12.0. The third kappa shape index (κ3) is 6.87. The molecule has 0 unspecified atom stereocenters. The number of aliphatic imine (C=N–C) groups is 1. The Morgan fingerprint density at radius 2 is 1.86 bits per heavy atom. The van der Waals surface area contributed by atoms with Crippen LogP contribution in [0.4, 0.5) is 0 Å². The first-order valence-corrected chi connectivity index (χ1v) is 10.2. The molecule has 0 atom stereocenters. The number of benzene rings is 1. The zero-order valence-corrected chi connectivity index (χ0v) is 17.0. The molecule has 3 rings (SSSR count). The highest BCUT2D eigenvalue weighted by Crippen LogP contribution is 2.13. The molecular weight excluding hydrogens is 364 g/mol. The van der Waals surface area contributed by atoms with E-state index in [1.54, 1.807) is 31.6 Å². The number of likely N-dealkylation sites (tertiary alicyclic amines) is 1. The van der Waals surface area contributed by atoms with Crippen LogP contribution in [0.5, 0.6) is 0 Å². The van der Waals surface area contributed by atoms with E-state index in [1.807, 2.05) is 0 Å². The van der Waals surface area contributed by atoms with Crippen molar-refractivity contribution in [3.63, 3.8) is 0 Å². The maximum Gasteiger partial charge on any atom is 0.252 e. The molecule has 2 aromatic rings. The van der Waals surface area contributed by atoms with Crippen LogP contribution in [0.15, 0.2) is 59.9 Å². The van der Waals surface area contributed by atoms with Crippen molar-refractivity contribution >= 4 is 11.9 Å². The van der Waals surface area contributed by atoms with E-state index in [4.69, 9.17) is 0 Å². The lowest BCUT2D eigenvalue weighted by Gasteiger charge is -2.33. The molecule has 29 heavy (non-hydrogen) atoms. The molecule has 3 N–H and O–H groups in total.